The van der Waals surface area contributed by atoms with Gasteiger partial charge in [0.15, 0.2) is 0 Å². The molecule has 3 N–H and O–H groups in total. The molecule has 0 aliphatic carbocycles. The predicted molar refractivity (Wildman–Crippen MR) is 43.2 cm³/mol. The van der Waals surface area contributed by atoms with Gasteiger partial charge < -0.3 is 10.8 Å². The second kappa shape index (κ2) is 6.89. The van der Waals surface area contributed by atoms with Crippen molar-refractivity contribution in [1.29, 1.82) is 0 Å². The Bertz CT molecular complexity index is 97.7. The van der Waals surface area contributed by atoms with Crippen LogP contribution < -0.4 is 5.73 Å². The number of carboxylic acids is 1. The molecule has 0 radical (unpaired) electrons. The minimum absolute atomic E-state index is 0.275. The van der Waals surface area contributed by atoms with Gasteiger partial charge in [0.2, 0.25) is 0 Å². The van der Waals surface area contributed by atoms with Gasteiger partial charge in [-0.3, -0.25) is 4.79 Å². The fourth-order valence-corrected chi connectivity index (χ4v) is 1.23. The zero-order chi connectivity index (χ0) is 7.82. The van der Waals surface area contributed by atoms with Gasteiger partial charge in [0.05, 0.1) is 0 Å². The third-order valence-corrected chi connectivity index (χ3v) is 2.04. The molecule has 0 saturated heterocycles. The largest absolute Gasteiger partial charge is 0.481 e. The van der Waals surface area contributed by atoms with Crippen LogP contribution in [0.5, 0.6) is 0 Å². The van der Waals surface area contributed by atoms with Crippen LogP contribution in [0, 0.1) is 0 Å². The van der Waals surface area contributed by atoms with Gasteiger partial charge in [-0.1, -0.05) is 0 Å². The normalized spacial score (nSPS) is 9.70. The van der Waals surface area contributed by atoms with Crippen molar-refractivity contribution in [2.75, 3.05) is 18.1 Å². The number of carbonyl (C=O) groups is 1. The average molecular weight is 163 g/mol. The molecular weight excluding hydrogens is 150 g/mol. The molecule has 60 valence electrons. The molecule has 0 unspecified atom stereocenters. The summed E-state index contributed by atoms with van der Waals surface area (Å²) in [6.07, 6.45) is 1.03. The quantitative estimate of drug-likeness (QED) is 0.561. The lowest BCUT2D eigenvalue weighted by atomic mass is 10.3. The Morgan fingerprint density at radius 1 is 1.50 bits per heavy atom. The number of hydrogen-bond acceptors (Lipinski definition) is 3. The van der Waals surface area contributed by atoms with E-state index >= 15 is 0 Å². The first-order valence-electron chi connectivity index (χ1n) is 3.27. The van der Waals surface area contributed by atoms with Crippen molar-refractivity contribution in [3.63, 3.8) is 0 Å². The van der Waals surface area contributed by atoms with Gasteiger partial charge in [0.25, 0.3) is 0 Å². The SMILES string of the molecule is NCCSCCCC(=O)O. The lowest BCUT2D eigenvalue weighted by Crippen LogP contribution is -2.02. The van der Waals surface area contributed by atoms with Crippen molar-refractivity contribution in [2.24, 2.45) is 5.73 Å². The fraction of sp³-hybridized carbons (Fsp3) is 0.833. The van der Waals surface area contributed by atoms with E-state index in [1.54, 1.807) is 11.8 Å². The van der Waals surface area contributed by atoms with E-state index < -0.39 is 5.97 Å². The summed E-state index contributed by atoms with van der Waals surface area (Å²) in [6, 6.07) is 0. The van der Waals surface area contributed by atoms with E-state index in [-0.39, 0.29) is 6.42 Å². The van der Waals surface area contributed by atoms with Crippen LogP contribution in [0.1, 0.15) is 12.8 Å². The summed E-state index contributed by atoms with van der Waals surface area (Å²) < 4.78 is 0. The van der Waals surface area contributed by atoms with E-state index in [0.29, 0.717) is 6.54 Å². The lowest BCUT2D eigenvalue weighted by molar-refractivity contribution is -0.137. The third kappa shape index (κ3) is 7.78. The first-order valence-corrected chi connectivity index (χ1v) is 4.42. The van der Waals surface area contributed by atoms with Crippen LogP contribution in [0.4, 0.5) is 0 Å². The van der Waals surface area contributed by atoms with Crippen LogP contribution in [0.15, 0.2) is 0 Å². The second-order valence-corrected chi connectivity index (χ2v) is 3.12. The molecule has 0 atom stereocenters. The Balaban J connectivity index is 2.84. The number of rotatable bonds is 6. The molecule has 3 nitrogen and oxygen atoms in total. The Hall–Kier alpha value is -0.220. The van der Waals surface area contributed by atoms with E-state index in [2.05, 4.69) is 0 Å². The summed E-state index contributed by atoms with van der Waals surface area (Å²) in [5.74, 6) is 1.12. The molecule has 0 heterocycles. The minimum atomic E-state index is -0.714. The maximum Gasteiger partial charge on any atom is 0.303 e. The summed E-state index contributed by atoms with van der Waals surface area (Å²) in [7, 11) is 0. The number of aliphatic carboxylic acids is 1. The third-order valence-electron chi connectivity index (χ3n) is 0.942. The van der Waals surface area contributed by atoms with Crippen molar-refractivity contribution < 1.29 is 9.90 Å². The van der Waals surface area contributed by atoms with E-state index in [9.17, 15) is 4.79 Å². The molecule has 0 rings (SSSR count). The molecule has 0 aromatic carbocycles. The standard InChI is InChI=1S/C6H13NO2S/c7-3-5-10-4-1-2-6(8)9/h1-5,7H2,(H,8,9). The Kier molecular flexibility index (Phi) is 6.74. The van der Waals surface area contributed by atoms with Crippen molar-refractivity contribution in [3.8, 4) is 0 Å². The highest BCUT2D eigenvalue weighted by Crippen LogP contribution is 2.02. The van der Waals surface area contributed by atoms with E-state index in [0.717, 1.165) is 17.9 Å². The molecule has 0 bridgehead atoms. The second-order valence-electron chi connectivity index (χ2n) is 1.90. The van der Waals surface area contributed by atoms with Gasteiger partial charge in [-0.15, -0.1) is 0 Å². The molecule has 0 aliphatic rings. The number of thioether (sulfide) groups is 1. The molecule has 0 aliphatic heterocycles. The molecule has 10 heavy (non-hydrogen) atoms. The Labute approximate surface area is 65.0 Å². The number of hydrogen-bond donors (Lipinski definition) is 2. The van der Waals surface area contributed by atoms with Gasteiger partial charge in [-0.25, -0.2) is 0 Å². The minimum Gasteiger partial charge on any atom is -0.481 e. The topological polar surface area (TPSA) is 63.3 Å². The van der Waals surface area contributed by atoms with Crippen molar-refractivity contribution in [1.82, 2.24) is 0 Å². The van der Waals surface area contributed by atoms with E-state index in [4.69, 9.17) is 10.8 Å². The summed E-state index contributed by atoms with van der Waals surface area (Å²) in [5, 5.41) is 8.24. The van der Waals surface area contributed by atoms with E-state index in [1.165, 1.54) is 0 Å². The van der Waals surface area contributed by atoms with Crippen LogP contribution in [0.2, 0.25) is 0 Å². The maximum atomic E-state index is 10.00. The highest BCUT2D eigenvalue weighted by molar-refractivity contribution is 7.99. The van der Waals surface area contributed by atoms with Crippen LogP contribution >= 0.6 is 11.8 Å². The predicted octanol–water partition coefficient (Wildman–Crippen LogP) is 0.543. The highest BCUT2D eigenvalue weighted by atomic mass is 32.2. The highest BCUT2D eigenvalue weighted by Gasteiger charge is 1.94. The molecule has 0 aromatic rings. The first kappa shape index (κ1) is 9.78. The summed E-state index contributed by atoms with van der Waals surface area (Å²) in [6.45, 7) is 0.678. The smallest absolute Gasteiger partial charge is 0.303 e. The molecule has 0 spiro atoms. The van der Waals surface area contributed by atoms with Gasteiger partial charge in [0.1, 0.15) is 0 Å². The number of nitrogens with two attached hydrogens (primary N) is 1. The molecule has 0 saturated carbocycles. The summed E-state index contributed by atoms with van der Waals surface area (Å²) in [4.78, 5) is 10.00. The van der Waals surface area contributed by atoms with Gasteiger partial charge in [0, 0.05) is 18.7 Å². The first-order chi connectivity index (χ1) is 4.77. The van der Waals surface area contributed by atoms with Crippen LogP contribution in [-0.4, -0.2) is 29.1 Å². The lowest BCUT2D eigenvalue weighted by Gasteiger charge is -1.95. The monoisotopic (exact) mass is 163 g/mol. The summed E-state index contributed by atoms with van der Waals surface area (Å²) in [5.41, 5.74) is 5.23. The zero-order valence-electron chi connectivity index (χ0n) is 5.88. The summed E-state index contributed by atoms with van der Waals surface area (Å²) >= 11 is 1.71. The Morgan fingerprint density at radius 3 is 2.70 bits per heavy atom. The Morgan fingerprint density at radius 2 is 2.20 bits per heavy atom. The molecule has 0 fully saturated rings. The fourth-order valence-electron chi connectivity index (χ4n) is 0.511. The number of carboxylic acid groups (broad SMARTS) is 1. The molecule has 0 aromatic heterocycles. The van der Waals surface area contributed by atoms with E-state index in [1.807, 2.05) is 0 Å². The van der Waals surface area contributed by atoms with Crippen LogP contribution in [0.3, 0.4) is 0 Å². The van der Waals surface area contributed by atoms with Gasteiger partial charge >= 0.3 is 5.97 Å². The van der Waals surface area contributed by atoms with Crippen LogP contribution in [0.25, 0.3) is 0 Å². The van der Waals surface area contributed by atoms with Crippen LogP contribution in [-0.2, 0) is 4.79 Å². The molecule has 4 heteroatoms. The maximum absolute atomic E-state index is 10.00. The van der Waals surface area contributed by atoms with Gasteiger partial charge in [-0.2, -0.15) is 11.8 Å². The average Bonchev–Trinajstić information content (AvgIpc) is 1.87. The molecular formula is C6H13NO2S. The van der Waals surface area contributed by atoms with Crippen molar-refractivity contribution >= 4 is 17.7 Å². The molecule has 0 amide bonds. The van der Waals surface area contributed by atoms with Crippen molar-refractivity contribution in [2.45, 2.75) is 12.8 Å². The van der Waals surface area contributed by atoms with Gasteiger partial charge in [-0.05, 0) is 12.2 Å². The van der Waals surface area contributed by atoms with Crippen molar-refractivity contribution in [3.05, 3.63) is 0 Å². The zero-order valence-corrected chi connectivity index (χ0v) is 6.69.